The van der Waals surface area contributed by atoms with Crippen molar-refractivity contribution in [2.24, 2.45) is 7.05 Å². The maximum Gasteiger partial charge on any atom is 0.260 e. The molecule has 1 N–H and O–H groups in total. The third-order valence-corrected chi connectivity index (χ3v) is 4.13. The lowest BCUT2D eigenvalue weighted by atomic mass is 9.97. The normalized spacial score (nSPS) is 12.4. The van der Waals surface area contributed by atoms with Crippen molar-refractivity contribution >= 4 is 10.0 Å². The van der Waals surface area contributed by atoms with E-state index >= 15 is 0 Å². The number of imidazole rings is 1. The zero-order chi connectivity index (χ0) is 13.1. The number of rotatable bonds is 5. The Hall–Kier alpha value is -1.39. The van der Waals surface area contributed by atoms with Crippen LogP contribution in [0, 0.1) is 11.3 Å². The fraction of sp³-hybridized carbons (Fsp3) is 0.600. The third kappa shape index (κ3) is 2.84. The summed E-state index contributed by atoms with van der Waals surface area (Å²) in [5.41, 5.74) is -1.06. The van der Waals surface area contributed by atoms with E-state index in [4.69, 9.17) is 5.26 Å². The van der Waals surface area contributed by atoms with Crippen LogP contribution in [0.2, 0.25) is 0 Å². The van der Waals surface area contributed by atoms with Gasteiger partial charge in [-0.1, -0.05) is 13.8 Å². The van der Waals surface area contributed by atoms with Crippen LogP contribution in [0.15, 0.2) is 17.6 Å². The topological polar surface area (TPSA) is 87.8 Å². The maximum atomic E-state index is 12.0. The van der Waals surface area contributed by atoms with Crippen LogP contribution < -0.4 is 4.72 Å². The van der Waals surface area contributed by atoms with Gasteiger partial charge in [0.05, 0.1) is 12.4 Å². The van der Waals surface area contributed by atoms with Crippen LogP contribution in [0.4, 0.5) is 0 Å². The second-order valence-corrected chi connectivity index (χ2v) is 5.51. The highest BCUT2D eigenvalue weighted by atomic mass is 32.2. The van der Waals surface area contributed by atoms with E-state index in [1.54, 1.807) is 25.5 Å². The molecule has 1 aromatic rings. The summed E-state index contributed by atoms with van der Waals surface area (Å²) in [6.45, 7) is 3.54. The van der Waals surface area contributed by atoms with E-state index in [0.29, 0.717) is 12.8 Å². The van der Waals surface area contributed by atoms with Crippen molar-refractivity contribution < 1.29 is 8.42 Å². The molecule has 1 heterocycles. The summed E-state index contributed by atoms with van der Waals surface area (Å²) in [5.74, 6) is 0. The highest BCUT2D eigenvalue weighted by molar-refractivity contribution is 7.89. The monoisotopic (exact) mass is 256 g/mol. The fourth-order valence-electron chi connectivity index (χ4n) is 1.41. The van der Waals surface area contributed by atoms with Gasteiger partial charge in [-0.15, -0.1) is 0 Å². The summed E-state index contributed by atoms with van der Waals surface area (Å²) in [6, 6.07) is 2.02. The van der Waals surface area contributed by atoms with Crippen LogP contribution in [0.3, 0.4) is 0 Å². The average Bonchev–Trinajstić information content (AvgIpc) is 2.74. The van der Waals surface area contributed by atoms with Crippen LogP contribution in [-0.2, 0) is 17.1 Å². The van der Waals surface area contributed by atoms with Gasteiger partial charge in [-0.05, 0) is 12.8 Å². The molecule has 1 rings (SSSR count). The molecule has 0 bridgehead atoms. The van der Waals surface area contributed by atoms with Crippen LogP contribution in [0.5, 0.6) is 0 Å². The Morgan fingerprint density at radius 2 is 2.12 bits per heavy atom. The van der Waals surface area contributed by atoms with Gasteiger partial charge < -0.3 is 4.57 Å². The van der Waals surface area contributed by atoms with Crippen molar-refractivity contribution in [3.05, 3.63) is 12.5 Å². The Balaban J connectivity index is 3.06. The average molecular weight is 256 g/mol. The smallest absolute Gasteiger partial charge is 0.260 e. The molecule has 6 nitrogen and oxygen atoms in total. The molecule has 1 aromatic heterocycles. The first kappa shape index (κ1) is 13.7. The molecule has 7 heteroatoms. The Morgan fingerprint density at radius 3 is 2.47 bits per heavy atom. The molecule has 0 saturated heterocycles. The Bertz CT molecular complexity index is 523. The Kier molecular flexibility index (Phi) is 3.91. The van der Waals surface area contributed by atoms with E-state index in [1.165, 1.54) is 12.5 Å². The molecule has 0 aliphatic carbocycles. The van der Waals surface area contributed by atoms with Gasteiger partial charge in [0.2, 0.25) is 0 Å². The molecule has 17 heavy (non-hydrogen) atoms. The Morgan fingerprint density at radius 1 is 1.53 bits per heavy atom. The van der Waals surface area contributed by atoms with Crippen LogP contribution in [-0.4, -0.2) is 23.5 Å². The summed E-state index contributed by atoms with van der Waals surface area (Å²) >= 11 is 0. The largest absolute Gasteiger partial charge is 0.339 e. The maximum absolute atomic E-state index is 12.0. The second-order valence-electron chi connectivity index (χ2n) is 3.88. The number of sulfonamides is 1. The van der Waals surface area contributed by atoms with Crippen molar-refractivity contribution in [2.45, 2.75) is 37.3 Å². The zero-order valence-corrected chi connectivity index (χ0v) is 11.0. The molecule has 0 unspecified atom stereocenters. The van der Waals surface area contributed by atoms with Gasteiger partial charge in [0.25, 0.3) is 10.0 Å². The van der Waals surface area contributed by atoms with Gasteiger partial charge in [-0.25, -0.2) is 13.4 Å². The quantitative estimate of drug-likeness (QED) is 0.843. The molecular weight excluding hydrogens is 240 g/mol. The summed E-state index contributed by atoms with van der Waals surface area (Å²) in [5, 5.41) is 9.02. The van der Waals surface area contributed by atoms with E-state index in [9.17, 15) is 8.42 Å². The van der Waals surface area contributed by atoms with E-state index in [1.807, 2.05) is 6.07 Å². The predicted octanol–water partition coefficient (Wildman–Crippen LogP) is 0.781. The third-order valence-electron chi connectivity index (χ3n) is 2.71. The highest BCUT2D eigenvalue weighted by Crippen LogP contribution is 2.17. The highest BCUT2D eigenvalue weighted by Gasteiger charge is 2.33. The summed E-state index contributed by atoms with van der Waals surface area (Å²) in [6.07, 6.45) is 3.62. The van der Waals surface area contributed by atoms with Crippen molar-refractivity contribution in [3.63, 3.8) is 0 Å². The molecule has 94 valence electrons. The van der Waals surface area contributed by atoms with Crippen molar-refractivity contribution in [3.8, 4) is 6.07 Å². The van der Waals surface area contributed by atoms with Crippen LogP contribution in [0.25, 0.3) is 0 Å². The zero-order valence-electron chi connectivity index (χ0n) is 10.1. The van der Waals surface area contributed by atoms with Crippen LogP contribution in [0.1, 0.15) is 26.7 Å². The Labute approximate surface area is 101 Å². The van der Waals surface area contributed by atoms with E-state index in [0.717, 1.165) is 0 Å². The SMILES string of the molecule is CCC(C#N)(CC)NS(=O)(=O)c1cn(C)cn1. The van der Waals surface area contributed by atoms with E-state index in [2.05, 4.69) is 9.71 Å². The summed E-state index contributed by atoms with van der Waals surface area (Å²) in [7, 11) is -2.05. The first-order valence-electron chi connectivity index (χ1n) is 5.32. The lowest BCUT2D eigenvalue weighted by molar-refractivity contribution is 0.445. The van der Waals surface area contributed by atoms with Gasteiger partial charge in [0.15, 0.2) is 5.03 Å². The number of hydrogen-bond acceptors (Lipinski definition) is 4. The molecule has 0 spiro atoms. The number of aryl methyl sites for hydroxylation is 1. The minimum absolute atomic E-state index is 0.0680. The van der Waals surface area contributed by atoms with Gasteiger partial charge in [0.1, 0.15) is 5.54 Å². The van der Waals surface area contributed by atoms with Gasteiger partial charge >= 0.3 is 0 Å². The van der Waals surface area contributed by atoms with Crippen molar-refractivity contribution in [1.29, 1.82) is 5.26 Å². The predicted molar refractivity (Wildman–Crippen MR) is 62.5 cm³/mol. The molecule has 0 amide bonds. The number of aromatic nitrogens is 2. The number of hydrogen-bond donors (Lipinski definition) is 1. The van der Waals surface area contributed by atoms with Crippen molar-refractivity contribution in [1.82, 2.24) is 14.3 Å². The summed E-state index contributed by atoms with van der Waals surface area (Å²) in [4.78, 5) is 3.78. The molecule has 0 aliphatic heterocycles. The first-order chi connectivity index (χ1) is 7.89. The number of nitriles is 1. The lowest BCUT2D eigenvalue weighted by Gasteiger charge is -2.23. The number of nitrogens with zero attached hydrogens (tertiary/aromatic N) is 3. The van der Waals surface area contributed by atoms with Crippen LogP contribution >= 0.6 is 0 Å². The first-order valence-corrected chi connectivity index (χ1v) is 6.80. The molecule has 0 saturated carbocycles. The van der Waals surface area contributed by atoms with Gasteiger partial charge in [-0.3, -0.25) is 0 Å². The summed E-state index contributed by atoms with van der Waals surface area (Å²) < 4.78 is 28.0. The minimum atomic E-state index is -3.74. The molecule has 0 aromatic carbocycles. The molecule has 0 atom stereocenters. The van der Waals surface area contributed by atoms with Crippen molar-refractivity contribution in [2.75, 3.05) is 0 Å². The van der Waals surface area contributed by atoms with Gasteiger partial charge in [0, 0.05) is 13.2 Å². The molecule has 0 aliphatic rings. The molecule has 0 radical (unpaired) electrons. The van der Waals surface area contributed by atoms with E-state index < -0.39 is 15.6 Å². The standard InChI is InChI=1S/C10H16N4O2S/c1-4-10(5-2,7-11)13-17(15,16)9-6-14(3)8-12-9/h6,8,13H,4-5H2,1-3H3. The minimum Gasteiger partial charge on any atom is -0.339 e. The van der Waals surface area contributed by atoms with Gasteiger partial charge in [-0.2, -0.15) is 9.98 Å². The number of nitrogens with one attached hydrogen (secondary N) is 1. The molecular formula is C10H16N4O2S. The second kappa shape index (κ2) is 4.85. The fourth-order valence-corrected chi connectivity index (χ4v) is 2.86. The lowest BCUT2D eigenvalue weighted by Crippen LogP contribution is -2.46. The van der Waals surface area contributed by atoms with E-state index in [-0.39, 0.29) is 5.03 Å². The molecule has 0 fully saturated rings.